The molecule has 180 valence electrons. The van der Waals surface area contributed by atoms with Crippen LogP contribution in [0.25, 0.3) is 17.1 Å². The van der Waals surface area contributed by atoms with Crippen LogP contribution in [-0.2, 0) is 10.0 Å². The third kappa shape index (κ3) is 4.90. The maximum absolute atomic E-state index is 13.5. The average Bonchev–Trinajstić information content (AvgIpc) is 3.27. The average molecular weight is 482 g/mol. The minimum absolute atomic E-state index is 0.116. The zero-order chi connectivity index (χ0) is 24.5. The molecule has 1 aromatic carbocycles. The Morgan fingerprint density at radius 2 is 1.71 bits per heavy atom. The Hall–Kier alpha value is -3.04. The Labute approximate surface area is 200 Å². The minimum Gasteiger partial charge on any atom is -0.336 e. The Morgan fingerprint density at radius 3 is 2.32 bits per heavy atom. The van der Waals surface area contributed by atoms with E-state index in [1.54, 1.807) is 17.2 Å². The molecular weight excluding hydrogens is 450 g/mol. The molecular formula is C25H31N5O3S. The highest BCUT2D eigenvalue weighted by atomic mass is 32.2. The number of hydrogen-bond donors (Lipinski definition) is 0. The van der Waals surface area contributed by atoms with E-state index in [4.69, 9.17) is 4.98 Å². The Bertz CT molecular complexity index is 1310. The van der Waals surface area contributed by atoms with E-state index in [1.807, 2.05) is 68.8 Å². The highest BCUT2D eigenvalue weighted by Gasteiger charge is 2.29. The molecule has 0 saturated carbocycles. The molecule has 1 amide bonds. The topological polar surface area (TPSA) is 88.4 Å². The van der Waals surface area contributed by atoms with E-state index in [1.165, 1.54) is 9.71 Å². The van der Waals surface area contributed by atoms with Gasteiger partial charge < -0.3 is 4.90 Å². The number of hydrogen-bond acceptors (Lipinski definition) is 5. The first-order chi connectivity index (χ1) is 16.2. The molecule has 0 radical (unpaired) electrons. The number of aromatic nitrogens is 3. The lowest BCUT2D eigenvalue weighted by atomic mass is 10.0. The standard InChI is InChI=1S/C25H31N5O3S/c1-18(2)23-16-21(22-17-26-30(19(3)4)24(22)27-23)25(31)28-11-13-29(14-12-28)34(32,33)15-10-20-8-6-5-7-9-20/h5-10,15-19H,11-14H2,1-4H3/b15-10+. The summed E-state index contributed by atoms with van der Waals surface area (Å²) in [5.41, 5.74) is 2.94. The summed E-state index contributed by atoms with van der Waals surface area (Å²) >= 11 is 0. The van der Waals surface area contributed by atoms with Crippen molar-refractivity contribution in [3.63, 3.8) is 0 Å². The van der Waals surface area contributed by atoms with Gasteiger partial charge in [-0.15, -0.1) is 0 Å². The SMILES string of the molecule is CC(C)c1cc(C(=O)N2CCN(S(=O)(=O)/C=C/c3ccccc3)CC2)c2cnn(C(C)C)c2n1. The van der Waals surface area contributed by atoms with Gasteiger partial charge in [0, 0.05) is 43.3 Å². The molecule has 3 heterocycles. The number of amides is 1. The van der Waals surface area contributed by atoms with E-state index in [0.717, 1.165) is 16.6 Å². The van der Waals surface area contributed by atoms with Crippen LogP contribution < -0.4 is 0 Å². The zero-order valence-electron chi connectivity index (χ0n) is 20.0. The van der Waals surface area contributed by atoms with E-state index in [0.29, 0.717) is 24.3 Å². The molecule has 0 spiro atoms. The van der Waals surface area contributed by atoms with Crippen LogP contribution in [0, 0.1) is 0 Å². The molecule has 0 N–H and O–H groups in total. The van der Waals surface area contributed by atoms with Crippen molar-refractivity contribution in [3.8, 4) is 0 Å². The maximum Gasteiger partial charge on any atom is 0.254 e. The summed E-state index contributed by atoms with van der Waals surface area (Å²) in [6, 6.07) is 11.3. The number of pyridine rings is 1. The monoisotopic (exact) mass is 481 g/mol. The molecule has 34 heavy (non-hydrogen) atoms. The molecule has 0 unspecified atom stereocenters. The summed E-state index contributed by atoms with van der Waals surface area (Å²) in [7, 11) is -3.56. The third-order valence-electron chi connectivity index (χ3n) is 6.02. The van der Waals surface area contributed by atoms with Gasteiger partial charge in [-0.3, -0.25) is 4.79 Å². The van der Waals surface area contributed by atoms with Crippen LogP contribution >= 0.6 is 0 Å². The predicted molar refractivity (Wildman–Crippen MR) is 134 cm³/mol. The number of benzene rings is 1. The number of carbonyl (C=O) groups is 1. The fourth-order valence-electron chi connectivity index (χ4n) is 4.02. The maximum atomic E-state index is 13.5. The van der Waals surface area contributed by atoms with Gasteiger partial charge in [-0.25, -0.2) is 18.1 Å². The lowest BCUT2D eigenvalue weighted by molar-refractivity contribution is 0.0700. The van der Waals surface area contributed by atoms with Crippen molar-refractivity contribution in [1.29, 1.82) is 0 Å². The minimum atomic E-state index is -3.56. The fourth-order valence-corrected chi connectivity index (χ4v) is 5.19. The van der Waals surface area contributed by atoms with E-state index < -0.39 is 10.0 Å². The van der Waals surface area contributed by atoms with Gasteiger partial charge in [-0.2, -0.15) is 9.40 Å². The van der Waals surface area contributed by atoms with E-state index in [9.17, 15) is 13.2 Å². The molecule has 0 atom stereocenters. The number of piperazine rings is 1. The van der Waals surface area contributed by atoms with Gasteiger partial charge in [0.25, 0.3) is 5.91 Å². The van der Waals surface area contributed by atoms with Crippen LogP contribution in [0.5, 0.6) is 0 Å². The molecule has 3 aromatic rings. The van der Waals surface area contributed by atoms with Crippen molar-refractivity contribution in [2.45, 2.75) is 39.7 Å². The van der Waals surface area contributed by atoms with E-state index in [-0.39, 0.29) is 31.0 Å². The molecule has 0 bridgehead atoms. The van der Waals surface area contributed by atoms with Gasteiger partial charge in [0.05, 0.1) is 17.1 Å². The van der Waals surface area contributed by atoms with Crippen molar-refractivity contribution in [1.82, 2.24) is 24.0 Å². The van der Waals surface area contributed by atoms with Crippen LogP contribution in [0.2, 0.25) is 0 Å². The molecule has 9 heteroatoms. The van der Waals surface area contributed by atoms with Crippen molar-refractivity contribution in [2.75, 3.05) is 26.2 Å². The zero-order valence-corrected chi connectivity index (χ0v) is 20.9. The summed E-state index contributed by atoms with van der Waals surface area (Å²) in [6.07, 6.45) is 3.30. The van der Waals surface area contributed by atoms with Crippen LogP contribution in [0.4, 0.5) is 0 Å². The summed E-state index contributed by atoms with van der Waals surface area (Å²) in [5.74, 6) is 0.0411. The highest BCUT2D eigenvalue weighted by molar-refractivity contribution is 7.92. The number of nitrogens with zero attached hydrogens (tertiary/aromatic N) is 5. The number of sulfonamides is 1. The normalized spacial score (nSPS) is 15.8. The van der Waals surface area contributed by atoms with Gasteiger partial charge in [0.1, 0.15) is 0 Å². The predicted octanol–water partition coefficient (Wildman–Crippen LogP) is 3.89. The number of fused-ring (bicyclic) bond motifs is 1. The first-order valence-corrected chi connectivity index (χ1v) is 13.1. The molecule has 4 rings (SSSR count). The Balaban J connectivity index is 1.53. The second-order valence-electron chi connectivity index (χ2n) is 9.12. The van der Waals surface area contributed by atoms with Gasteiger partial charge in [0.2, 0.25) is 10.0 Å². The first kappa shape index (κ1) is 24.1. The van der Waals surface area contributed by atoms with Gasteiger partial charge in [-0.05, 0) is 37.5 Å². The quantitative estimate of drug-likeness (QED) is 0.533. The second-order valence-corrected chi connectivity index (χ2v) is 10.9. The van der Waals surface area contributed by atoms with Gasteiger partial charge >= 0.3 is 0 Å². The Kier molecular flexibility index (Phi) is 6.86. The fraction of sp³-hybridized carbons (Fsp3) is 0.400. The summed E-state index contributed by atoms with van der Waals surface area (Å²) in [5, 5.41) is 6.42. The highest BCUT2D eigenvalue weighted by Crippen LogP contribution is 2.26. The molecule has 1 saturated heterocycles. The molecule has 1 aliphatic rings. The van der Waals surface area contributed by atoms with Crippen molar-refractivity contribution in [3.05, 3.63) is 64.8 Å². The van der Waals surface area contributed by atoms with Gasteiger partial charge in [-0.1, -0.05) is 44.2 Å². The second kappa shape index (κ2) is 9.68. The molecule has 1 fully saturated rings. The van der Waals surface area contributed by atoms with E-state index in [2.05, 4.69) is 5.10 Å². The number of rotatable bonds is 6. The van der Waals surface area contributed by atoms with Gasteiger partial charge in [0.15, 0.2) is 5.65 Å². The smallest absolute Gasteiger partial charge is 0.254 e. The van der Waals surface area contributed by atoms with Crippen LogP contribution in [0.3, 0.4) is 0 Å². The summed E-state index contributed by atoms with van der Waals surface area (Å²) < 4.78 is 28.8. The van der Waals surface area contributed by atoms with E-state index >= 15 is 0 Å². The Morgan fingerprint density at radius 1 is 1.03 bits per heavy atom. The van der Waals surface area contributed by atoms with Crippen LogP contribution in [-0.4, -0.2) is 64.5 Å². The molecule has 1 aliphatic heterocycles. The first-order valence-electron chi connectivity index (χ1n) is 11.6. The van der Waals surface area contributed by atoms with Crippen LogP contribution in [0.15, 0.2) is 48.0 Å². The van der Waals surface area contributed by atoms with Crippen LogP contribution in [0.1, 0.15) is 61.3 Å². The van der Waals surface area contributed by atoms with Crippen molar-refractivity contribution < 1.29 is 13.2 Å². The lowest BCUT2D eigenvalue weighted by Crippen LogP contribution is -2.50. The molecule has 8 nitrogen and oxygen atoms in total. The van der Waals surface area contributed by atoms with Crippen molar-refractivity contribution >= 4 is 33.0 Å². The molecule has 2 aromatic heterocycles. The summed E-state index contributed by atoms with van der Waals surface area (Å²) in [4.78, 5) is 20.0. The van der Waals surface area contributed by atoms with Crippen molar-refractivity contribution in [2.24, 2.45) is 0 Å². The molecule has 0 aliphatic carbocycles. The number of carbonyl (C=O) groups excluding carboxylic acids is 1. The summed E-state index contributed by atoms with van der Waals surface area (Å²) in [6.45, 7) is 9.32. The third-order valence-corrected chi connectivity index (χ3v) is 7.58. The largest absolute Gasteiger partial charge is 0.336 e. The lowest BCUT2D eigenvalue weighted by Gasteiger charge is -2.33.